The number of benzene rings is 1. The third-order valence-corrected chi connectivity index (χ3v) is 3.70. The number of aromatic nitrogens is 1. The molecule has 0 radical (unpaired) electrons. The standard InChI is InChI=1S/C13H14ClN3OS/c1-15-13-17-11(8-19-13)6-7-16-12(18)9-2-4-10(14)5-3-9/h2-5,8H,6-7H2,1H3,(H,15,17)(H,16,18). The number of amides is 1. The number of rotatable bonds is 5. The van der Waals surface area contributed by atoms with Gasteiger partial charge in [0.05, 0.1) is 5.69 Å². The molecule has 0 fully saturated rings. The molecule has 1 aromatic heterocycles. The predicted octanol–water partition coefficient (Wildman–Crippen LogP) is 2.81. The summed E-state index contributed by atoms with van der Waals surface area (Å²) in [6.45, 7) is 0.564. The van der Waals surface area contributed by atoms with E-state index in [1.54, 1.807) is 35.6 Å². The molecule has 0 unspecified atom stereocenters. The molecule has 0 bridgehead atoms. The van der Waals surface area contributed by atoms with Gasteiger partial charge in [-0.1, -0.05) is 11.6 Å². The molecule has 0 aliphatic heterocycles. The lowest BCUT2D eigenvalue weighted by molar-refractivity contribution is 0.0954. The Kier molecular flexibility index (Phi) is 4.76. The van der Waals surface area contributed by atoms with Gasteiger partial charge in [-0.15, -0.1) is 11.3 Å². The first-order chi connectivity index (χ1) is 9.19. The molecule has 1 heterocycles. The molecule has 0 aliphatic rings. The van der Waals surface area contributed by atoms with Crippen molar-refractivity contribution in [2.75, 3.05) is 18.9 Å². The molecular weight excluding hydrogens is 282 g/mol. The molecule has 0 atom stereocenters. The number of nitrogens with zero attached hydrogens (tertiary/aromatic N) is 1. The molecule has 6 heteroatoms. The maximum absolute atomic E-state index is 11.8. The van der Waals surface area contributed by atoms with Gasteiger partial charge < -0.3 is 10.6 Å². The number of carbonyl (C=O) groups excluding carboxylic acids is 1. The van der Waals surface area contributed by atoms with E-state index < -0.39 is 0 Å². The summed E-state index contributed by atoms with van der Waals surface area (Å²) in [6, 6.07) is 6.82. The fourth-order valence-corrected chi connectivity index (χ4v) is 2.38. The fourth-order valence-electron chi connectivity index (χ4n) is 1.54. The Morgan fingerprint density at radius 1 is 1.37 bits per heavy atom. The second kappa shape index (κ2) is 6.54. The maximum Gasteiger partial charge on any atom is 0.251 e. The Morgan fingerprint density at radius 2 is 2.11 bits per heavy atom. The van der Waals surface area contributed by atoms with Gasteiger partial charge >= 0.3 is 0 Å². The highest BCUT2D eigenvalue weighted by Crippen LogP contribution is 2.14. The molecule has 2 aromatic rings. The van der Waals surface area contributed by atoms with Crippen molar-refractivity contribution in [3.8, 4) is 0 Å². The number of thiazole rings is 1. The van der Waals surface area contributed by atoms with Crippen molar-refractivity contribution in [1.82, 2.24) is 10.3 Å². The van der Waals surface area contributed by atoms with Crippen molar-refractivity contribution in [2.24, 2.45) is 0 Å². The molecule has 19 heavy (non-hydrogen) atoms. The zero-order chi connectivity index (χ0) is 13.7. The minimum Gasteiger partial charge on any atom is -0.365 e. The van der Waals surface area contributed by atoms with E-state index in [0.717, 1.165) is 17.2 Å². The van der Waals surface area contributed by atoms with Crippen molar-refractivity contribution in [3.05, 3.63) is 45.9 Å². The van der Waals surface area contributed by atoms with E-state index in [0.29, 0.717) is 17.1 Å². The summed E-state index contributed by atoms with van der Waals surface area (Å²) in [5, 5.41) is 9.34. The van der Waals surface area contributed by atoms with Crippen LogP contribution in [0, 0.1) is 0 Å². The SMILES string of the molecule is CNc1nc(CCNC(=O)c2ccc(Cl)cc2)cs1. The molecule has 0 saturated heterocycles. The Hall–Kier alpha value is -1.59. The molecule has 4 nitrogen and oxygen atoms in total. The number of nitrogens with one attached hydrogen (secondary N) is 2. The van der Waals surface area contributed by atoms with Gasteiger partial charge in [0.1, 0.15) is 0 Å². The summed E-state index contributed by atoms with van der Waals surface area (Å²) < 4.78 is 0. The van der Waals surface area contributed by atoms with Gasteiger partial charge in [-0.2, -0.15) is 0 Å². The van der Waals surface area contributed by atoms with Gasteiger partial charge in [0.2, 0.25) is 0 Å². The largest absolute Gasteiger partial charge is 0.365 e. The van der Waals surface area contributed by atoms with Crippen molar-refractivity contribution >= 4 is 34.0 Å². The predicted molar refractivity (Wildman–Crippen MR) is 79.1 cm³/mol. The number of carbonyl (C=O) groups is 1. The summed E-state index contributed by atoms with van der Waals surface area (Å²) in [6.07, 6.45) is 0.720. The van der Waals surface area contributed by atoms with Gasteiger partial charge in [0.15, 0.2) is 5.13 Å². The van der Waals surface area contributed by atoms with Crippen molar-refractivity contribution in [2.45, 2.75) is 6.42 Å². The Balaban J connectivity index is 1.82. The van der Waals surface area contributed by atoms with Crippen molar-refractivity contribution < 1.29 is 4.79 Å². The van der Waals surface area contributed by atoms with E-state index in [-0.39, 0.29) is 5.91 Å². The lowest BCUT2D eigenvalue weighted by Gasteiger charge is -2.04. The van der Waals surface area contributed by atoms with Crippen LogP contribution in [0.3, 0.4) is 0 Å². The van der Waals surface area contributed by atoms with Crippen LogP contribution in [0.4, 0.5) is 5.13 Å². The topological polar surface area (TPSA) is 54.0 Å². The quantitative estimate of drug-likeness (QED) is 0.892. The molecular formula is C13H14ClN3OS. The minimum absolute atomic E-state index is 0.0965. The first kappa shape index (κ1) is 13.8. The zero-order valence-electron chi connectivity index (χ0n) is 10.4. The summed E-state index contributed by atoms with van der Waals surface area (Å²) in [4.78, 5) is 16.2. The summed E-state index contributed by atoms with van der Waals surface area (Å²) in [5.41, 5.74) is 1.59. The molecule has 100 valence electrons. The second-order valence-corrected chi connectivity index (χ2v) is 5.20. The maximum atomic E-state index is 11.8. The van der Waals surface area contributed by atoms with Crippen LogP contribution >= 0.6 is 22.9 Å². The van der Waals surface area contributed by atoms with Crippen LogP contribution in [0.5, 0.6) is 0 Å². The van der Waals surface area contributed by atoms with Gasteiger partial charge in [-0.3, -0.25) is 4.79 Å². The van der Waals surface area contributed by atoms with E-state index in [4.69, 9.17) is 11.6 Å². The number of anilines is 1. The Bertz CT molecular complexity index is 553. The molecule has 0 spiro atoms. The van der Waals surface area contributed by atoms with Gasteiger partial charge in [-0.25, -0.2) is 4.98 Å². The number of halogens is 1. The Labute approximate surface area is 120 Å². The zero-order valence-corrected chi connectivity index (χ0v) is 12.0. The van der Waals surface area contributed by atoms with E-state index >= 15 is 0 Å². The van der Waals surface area contributed by atoms with E-state index in [9.17, 15) is 4.79 Å². The lowest BCUT2D eigenvalue weighted by Crippen LogP contribution is -2.25. The van der Waals surface area contributed by atoms with Gasteiger partial charge in [0.25, 0.3) is 5.91 Å². The first-order valence-electron chi connectivity index (χ1n) is 5.85. The molecule has 1 amide bonds. The highest BCUT2D eigenvalue weighted by molar-refractivity contribution is 7.13. The summed E-state index contributed by atoms with van der Waals surface area (Å²) in [5.74, 6) is -0.0965. The van der Waals surface area contributed by atoms with Gasteiger partial charge in [0, 0.05) is 36.0 Å². The monoisotopic (exact) mass is 295 g/mol. The van der Waals surface area contributed by atoms with Crippen LogP contribution < -0.4 is 10.6 Å². The average molecular weight is 296 g/mol. The van der Waals surface area contributed by atoms with E-state index in [2.05, 4.69) is 15.6 Å². The van der Waals surface area contributed by atoms with E-state index in [1.165, 1.54) is 0 Å². The minimum atomic E-state index is -0.0965. The normalized spacial score (nSPS) is 10.2. The van der Waals surface area contributed by atoms with Crippen LogP contribution in [0.25, 0.3) is 0 Å². The van der Waals surface area contributed by atoms with Crippen LogP contribution in [0.2, 0.25) is 5.02 Å². The third kappa shape index (κ3) is 3.94. The molecule has 2 rings (SSSR count). The molecule has 1 aromatic carbocycles. The highest BCUT2D eigenvalue weighted by Gasteiger charge is 2.05. The van der Waals surface area contributed by atoms with Crippen LogP contribution in [-0.4, -0.2) is 24.5 Å². The third-order valence-electron chi connectivity index (χ3n) is 2.54. The van der Waals surface area contributed by atoms with Crippen molar-refractivity contribution in [3.63, 3.8) is 0 Å². The highest BCUT2D eigenvalue weighted by atomic mass is 35.5. The molecule has 0 aliphatic carbocycles. The number of hydrogen-bond donors (Lipinski definition) is 2. The summed E-state index contributed by atoms with van der Waals surface area (Å²) >= 11 is 7.33. The fraction of sp³-hybridized carbons (Fsp3) is 0.231. The second-order valence-electron chi connectivity index (χ2n) is 3.91. The Morgan fingerprint density at radius 3 is 2.74 bits per heavy atom. The van der Waals surface area contributed by atoms with Crippen LogP contribution in [-0.2, 0) is 6.42 Å². The number of hydrogen-bond acceptors (Lipinski definition) is 4. The van der Waals surface area contributed by atoms with Crippen LogP contribution in [0.15, 0.2) is 29.6 Å². The lowest BCUT2D eigenvalue weighted by atomic mass is 10.2. The van der Waals surface area contributed by atoms with Crippen LogP contribution in [0.1, 0.15) is 16.1 Å². The molecule has 2 N–H and O–H groups in total. The van der Waals surface area contributed by atoms with Crippen molar-refractivity contribution in [1.29, 1.82) is 0 Å². The smallest absolute Gasteiger partial charge is 0.251 e. The van der Waals surface area contributed by atoms with E-state index in [1.807, 2.05) is 12.4 Å². The van der Waals surface area contributed by atoms with Gasteiger partial charge in [-0.05, 0) is 24.3 Å². The first-order valence-corrected chi connectivity index (χ1v) is 7.10. The molecule has 0 saturated carbocycles. The average Bonchev–Trinajstić information content (AvgIpc) is 2.87. The summed E-state index contributed by atoms with van der Waals surface area (Å²) in [7, 11) is 1.84.